The van der Waals surface area contributed by atoms with Crippen LogP contribution < -0.4 is 20.9 Å². The average Bonchev–Trinajstić information content (AvgIpc) is 3.71. The molecule has 0 bridgehead atoms. The monoisotopic (exact) mass is 456 g/mol. The van der Waals surface area contributed by atoms with Crippen molar-refractivity contribution >= 4 is 40.5 Å². The number of rotatable bonds is 8. The minimum absolute atomic E-state index is 0.0325. The first-order valence-electron chi connectivity index (χ1n) is 11.3. The van der Waals surface area contributed by atoms with E-state index in [2.05, 4.69) is 16.0 Å². The molecule has 0 unspecified atom stereocenters. The van der Waals surface area contributed by atoms with E-state index >= 15 is 0 Å². The van der Waals surface area contributed by atoms with Gasteiger partial charge in [-0.1, -0.05) is 24.3 Å². The molecule has 0 aromatic heterocycles. The van der Waals surface area contributed by atoms with Crippen LogP contribution in [0.25, 0.3) is 0 Å². The fourth-order valence-corrected chi connectivity index (χ4v) is 3.56. The lowest BCUT2D eigenvalue weighted by atomic mass is 10.1. The number of hydrogen-bond donors (Lipinski definition) is 3. The third-order valence-corrected chi connectivity index (χ3v) is 5.85. The molecule has 174 valence electrons. The second-order valence-electron chi connectivity index (χ2n) is 8.42. The van der Waals surface area contributed by atoms with Gasteiger partial charge in [-0.15, -0.1) is 0 Å². The zero-order valence-corrected chi connectivity index (χ0v) is 19.3. The molecule has 0 spiro atoms. The topological polar surface area (TPSA) is 90.5 Å². The molecule has 3 aromatic carbocycles. The van der Waals surface area contributed by atoms with Crippen LogP contribution in [-0.2, 0) is 9.59 Å². The SMILES string of the molecule is Cc1c(NC(=O)CNc2ccc(C(=O)N(C)c3ccccc3)cc2)cccc1NC(=O)C1CC1. The van der Waals surface area contributed by atoms with Crippen LogP contribution in [0, 0.1) is 12.8 Å². The highest BCUT2D eigenvalue weighted by atomic mass is 16.2. The van der Waals surface area contributed by atoms with Gasteiger partial charge in [0.1, 0.15) is 0 Å². The molecule has 4 rings (SSSR count). The lowest BCUT2D eigenvalue weighted by Gasteiger charge is -2.17. The largest absolute Gasteiger partial charge is 0.376 e. The van der Waals surface area contributed by atoms with Crippen LogP contribution in [0.5, 0.6) is 0 Å². The summed E-state index contributed by atoms with van der Waals surface area (Å²) in [4.78, 5) is 38.9. The predicted octanol–water partition coefficient (Wildman–Crippen LogP) is 4.67. The molecule has 1 saturated carbocycles. The molecule has 34 heavy (non-hydrogen) atoms. The summed E-state index contributed by atoms with van der Waals surface area (Å²) in [6, 6.07) is 21.9. The van der Waals surface area contributed by atoms with Crippen molar-refractivity contribution in [2.24, 2.45) is 5.92 Å². The van der Waals surface area contributed by atoms with Crippen LogP contribution in [-0.4, -0.2) is 31.3 Å². The van der Waals surface area contributed by atoms with E-state index in [0.29, 0.717) is 16.9 Å². The first kappa shape index (κ1) is 23.0. The fourth-order valence-electron chi connectivity index (χ4n) is 3.56. The Balaban J connectivity index is 1.31. The second-order valence-corrected chi connectivity index (χ2v) is 8.42. The molecule has 0 aliphatic heterocycles. The molecular weight excluding hydrogens is 428 g/mol. The first-order valence-corrected chi connectivity index (χ1v) is 11.3. The lowest BCUT2D eigenvalue weighted by molar-refractivity contribution is -0.117. The molecule has 1 aliphatic rings. The van der Waals surface area contributed by atoms with Crippen molar-refractivity contribution < 1.29 is 14.4 Å². The first-order chi connectivity index (χ1) is 16.4. The number of anilines is 4. The highest BCUT2D eigenvalue weighted by Gasteiger charge is 2.29. The van der Waals surface area contributed by atoms with Gasteiger partial charge in [0.05, 0.1) is 6.54 Å². The Morgan fingerprint density at radius 2 is 1.50 bits per heavy atom. The van der Waals surface area contributed by atoms with Crippen molar-refractivity contribution in [3.05, 3.63) is 83.9 Å². The standard InChI is InChI=1S/C27H28N4O3/c1-18-23(9-6-10-24(18)30-26(33)19-11-12-19)29-25(32)17-28-21-15-13-20(14-16-21)27(34)31(2)22-7-4-3-5-8-22/h3-10,13-16,19,28H,11-12,17H2,1-2H3,(H,29,32)(H,30,33). The maximum atomic E-state index is 12.7. The third-order valence-electron chi connectivity index (χ3n) is 5.85. The summed E-state index contributed by atoms with van der Waals surface area (Å²) < 4.78 is 0. The molecule has 1 fully saturated rings. The van der Waals surface area contributed by atoms with Gasteiger partial charge in [0.15, 0.2) is 0 Å². The smallest absolute Gasteiger partial charge is 0.258 e. The maximum absolute atomic E-state index is 12.7. The molecule has 0 heterocycles. The van der Waals surface area contributed by atoms with Crippen molar-refractivity contribution in [2.45, 2.75) is 19.8 Å². The fraction of sp³-hybridized carbons (Fsp3) is 0.222. The van der Waals surface area contributed by atoms with Gasteiger partial charge in [-0.05, 0) is 73.9 Å². The van der Waals surface area contributed by atoms with E-state index in [4.69, 9.17) is 0 Å². The minimum atomic E-state index is -0.210. The second kappa shape index (κ2) is 10.2. The van der Waals surface area contributed by atoms with E-state index in [-0.39, 0.29) is 30.2 Å². The Morgan fingerprint density at radius 1 is 0.853 bits per heavy atom. The summed E-state index contributed by atoms with van der Waals surface area (Å²) >= 11 is 0. The van der Waals surface area contributed by atoms with Crippen LogP contribution in [0.2, 0.25) is 0 Å². The van der Waals surface area contributed by atoms with Gasteiger partial charge in [0.25, 0.3) is 5.91 Å². The summed E-state index contributed by atoms with van der Waals surface area (Å²) in [5.41, 5.74) is 4.29. The molecule has 0 saturated heterocycles. The van der Waals surface area contributed by atoms with E-state index in [1.165, 1.54) is 0 Å². The summed E-state index contributed by atoms with van der Waals surface area (Å²) in [6.07, 6.45) is 1.87. The number of carbonyl (C=O) groups is 3. The summed E-state index contributed by atoms with van der Waals surface area (Å²) in [7, 11) is 1.74. The lowest BCUT2D eigenvalue weighted by Crippen LogP contribution is -2.26. The number of nitrogens with one attached hydrogen (secondary N) is 3. The van der Waals surface area contributed by atoms with E-state index < -0.39 is 0 Å². The Labute approximate surface area is 199 Å². The van der Waals surface area contributed by atoms with Crippen LogP contribution in [0.4, 0.5) is 22.7 Å². The van der Waals surface area contributed by atoms with Gasteiger partial charge in [-0.25, -0.2) is 0 Å². The van der Waals surface area contributed by atoms with Crippen molar-refractivity contribution in [3.8, 4) is 0 Å². The third kappa shape index (κ3) is 5.61. The molecular formula is C27H28N4O3. The quantitative estimate of drug-likeness (QED) is 0.459. The summed E-state index contributed by atoms with van der Waals surface area (Å²) in [6.45, 7) is 1.93. The highest BCUT2D eigenvalue weighted by molar-refractivity contribution is 6.06. The number of amides is 3. The molecule has 3 aromatic rings. The van der Waals surface area contributed by atoms with Crippen molar-refractivity contribution in [1.82, 2.24) is 0 Å². The molecule has 7 heteroatoms. The maximum Gasteiger partial charge on any atom is 0.258 e. The van der Waals surface area contributed by atoms with Crippen LogP contribution in [0.15, 0.2) is 72.8 Å². The Kier molecular flexibility index (Phi) is 6.92. The predicted molar refractivity (Wildman–Crippen MR) is 135 cm³/mol. The zero-order chi connectivity index (χ0) is 24.1. The van der Waals surface area contributed by atoms with Crippen molar-refractivity contribution in [3.63, 3.8) is 0 Å². The van der Waals surface area contributed by atoms with Gasteiger partial charge in [0.2, 0.25) is 11.8 Å². The molecule has 1 aliphatic carbocycles. The molecule has 3 N–H and O–H groups in total. The van der Waals surface area contributed by atoms with Gasteiger partial charge >= 0.3 is 0 Å². The molecule has 0 radical (unpaired) electrons. The normalized spacial score (nSPS) is 12.5. The van der Waals surface area contributed by atoms with E-state index in [1.54, 1.807) is 42.3 Å². The van der Waals surface area contributed by atoms with E-state index in [1.807, 2.05) is 49.4 Å². The number of benzene rings is 3. The Bertz CT molecular complexity index is 1190. The summed E-state index contributed by atoms with van der Waals surface area (Å²) in [5.74, 6) is -0.176. The van der Waals surface area contributed by atoms with Gasteiger partial charge < -0.3 is 20.9 Å². The number of nitrogens with zero attached hydrogens (tertiary/aromatic N) is 1. The Morgan fingerprint density at radius 3 is 2.15 bits per heavy atom. The van der Waals surface area contributed by atoms with Gasteiger partial charge in [-0.2, -0.15) is 0 Å². The Hall–Kier alpha value is -4.13. The van der Waals surface area contributed by atoms with Gasteiger partial charge in [0, 0.05) is 41.3 Å². The van der Waals surface area contributed by atoms with Crippen LogP contribution in [0.1, 0.15) is 28.8 Å². The molecule has 0 atom stereocenters. The average molecular weight is 457 g/mol. The minimum Gasteiger partial charge on any atom is -0.376 e. The van der Waals surface area contributed by atoms with Gasteiger partial charge in [-0.3, -0.25) is 14.4 Å². The number of hydrogen-bond acceptors (Lipinski definition) is 4. The van der Waals surface area contributed by atoms with E-state index in [9.17, 15) is 14.4 Å². The molecule has 3 amide bonds. The van der Waals surface area contributed by atoms with Crippen LogP contribution in [0.3, 0.4) is 0 Å². The highest BCUT2D eigenvalue weighted by Crippen LogP contribution is 2.31. The molecule has 7 nitrogen and oxygen atoms in total. The van der Waals surface area contributed by atoms with Crippen molar-refractivity contribution in [2.75, 3.05) is 34.4 Å². The van der Waals surface area contributed by atoms with E-state index in [0.717, 1.165) is 29.8 Å². The van der Waals surface area contributed by atoms with Crippen molar-refractivity contribution in [1.29, 1.82) is 0 Å². The zero-order valence-electron chi connectivity index (χ0n) is 19.3. The number of para-hydroxylation sites is 1. The van der Waals surface area contributed by atoms with Crippen LogP contribution >= 0.6 is 0 Å². The number of carbonyl (C=O) groups excluding carboxylic acids is 3. The summed E-state index contributed by atoms with van der Waals surface area (Å²) in [5, 5.41) is 8.90.